The van der Waals surface area contributed by atoms with Crippen LogP contribution in [-0.2, 0) is 4.79 Å². The summed E-state index contributed by atoms with van der Waals surface area (Å²) in [4.78, 5) is 18.9. The zero-order valence-corrected chi connectivity index (χ0v) is 16.1. The Morgan fingerprint density at radius 2 is 1.92 bits per heavy atom. The molecule has 0 unspecified atom stereocenters. The predicted octanol–water partition coefficient (Wildman–Crippen LogP) is 2.30. The zero-order valence-electron chi connectivity index (χ0n) is 16.1. The predicted molar refractivity (Wildman–Crippen MR) is 109 cm³/mol. The van der Waals surface area contributed by atoms with Crippen molar-refractivity contribution in [3.63, 3.8) is 0 Å². The van der Waals surface area contributed by atoms with Crippen LogP contribution in [0, 0.1) is 5.92 Å². The van der Waals surface area contributed by atoms with Crippen LogP contribution in [0.2, 0.25) is 0 Å². The van der Waals surface area contributed by atoms with Crippen molar-refractivity contribution >= 4 is 17.6 Å². The van der Waals surface area contributed by atoms with Crippen molar-refractivity contribution in [2.24, 2.45) is 10.9 Å². The molecule has 0 bridgehead atoms. The molecule has 0 aromatic heterocycles. The second-order valence-electron chi connectivity index (χ2n) is 6.91. The van der Waals surface area contributed by atoms with Crippen LogP contribution in [0.1, 0.15) is 33.1 Å². The van der Waals surface area contributed by atoms with Crippen LogP contribution in [0.5, 0.6) is 0 Å². The van der Waals surface area contributed by atoms with E-state index in [0.717, 1.165) is 37.7 Å². The normalized spacial score (nSPS) is 16.3. The number of aliphatic imine (C=N–C) groups is 1. The van der Waals surface area contributed by atoms with E-state index in [-0.39, 0.29) is 12.5 Å². The smallest absolute Gasteiger partial charge is 0.246 e. The van der Waals surface area contributed by atoms with E-state index in [2.05, 4.69) is 32.8 Å². The number of anilines is 1. The zero-order chi connectivity index (χ0) is 18.6. The number of likely N-dealkylation sites (tertiary alicyclic amines) is 1. The van der Waals surface area contributed by atoms with Gasteiger partial charge < -0.3 is 20.9 Å². The van der Waals surface area contributed by atoms with Crippen molar-refractivity contribution in [2.75, 3.05) is 44.6 Å². The molecule has 6 heteroatoms. The van der Waals surface area contributed by atoms with Gasteiger partial charge in [-0.2, -0.15) is 0 Å². The molecule has 3 N–H and O–H groups in total. The molecule has 1 fully saturated rings. The summed E-state index contributed by atoms with van der Waals surface area (Å²) < 4.78 is 0. The van der Waals surface area contributed by atoms with E-state index in [1.807, 2.05) is 37.3 Å². The molecule has 0 spiro atoms. The minimum Gasteiger partial charge on any atom is -0.357 e. The van der Waals surface area contributed by atoms with Gasteiger partial charge in [-0.15, -0.1) is 0 Å². The Hall–Kier alpha value is -2.08. The summed E-state index contributed by atoms with van der Waals surface area (Å²) in [6.07, 6.45) is 3.71. The number of hydrogen-bond donors (Lipinski definition) is 3. The highest BCUT2D eigenvalue weighted by Crippen LogP contribution is 2.15. The van der Waals surface area contributed by atoms with Gasteiger partial charge in [0, 0.05) is 18.8 Å². The average molecular weight is 360 g/mol. The van der Waals surface area contributed by atoms with Crippen molar-refractivity contribution in [3.8, 4) is 0 Å². The number of rotatable bonds is 8. The molecule has 0 saturated carbocycles. The Labute approximate surface area is 157 Å². The van der Waals surface area contributed by atoms with E-state index >= 15 is 0 Å². The number of nitrogens with one attached hydrogen (secondary N) is 3. The summed E-state index contributed by atoms with van der Waals surface area (Å²) in [6, 6.07) is 9.45. The summed E-state index contributed by atoms with van der Waals surface area (Å²) in [5, 5.41) is 9.36. The molecule has 1 heterocycles. The summed E-state index contributed by atoms with van der Waals surface area (Å²) in [6.45, 7) is 9.66. The third kappa shape index (κ3) is 7.87. The van der Waals surface area contributed by atoms with E-state index in [1.54, 1.807) is 0 Å². The minimum atomic E-state index is -0.115. The molecule has 6 nitrogen and oxygen atoms in total. The van der Waals surface area contributed by atoms with E-state index in [4.69, 9.17) is 0 Å². The molecule has 1 amide bonds. The number of para-hydroxylation sites is 1. The van der Waals surface area contributed by atoms with E-state index in [0.29, 0.717) is 5.96 Å². The molecule has 26 heavy (non-hydrogen) atoms. The monoisotopic (exact) mass is 359 g/mol. The molecular weight excluding hydrogens is 326 g/mol. The molecule has 1 aromatic rings. The van der Waals surface area contributed by atoms with Gasteiger partial charge in [-0.1, -0.05) is 25.1 Å². The molecule has 1 aliphatic heterocycles. The summed E-state index contributed by atoms with van der Waals surface area (Å²) in [5.41, 5.74) is 0.793. The van der Waals surface area contributed by atoms with Gasteiger partial charge in [-0.3, -0.25) is 4.79 Å². The van der Waals surface area contributed by atoms with Crippen molar-refractivity contribution in [1.29, 1.82) is 0 Å². The van der Waals surface area contributed by atoms with Crippen LogP contribution < -0.4 is 16.0 Å². The summed E-state index contributed by atoms with van der Waals surface area (Å²) >= 11 is 0. The largest absolute Gasteiger partial charge is 0.357 e. The Morgan fingerprint density at radius 1 is 1.19 bits per heavy atom. The lowest BCUT2D eigenvalue weighted by Gasteiger charge is -2.30. The molecular formula is C20H33N5O. The molecule has 0 aliphatic carbocycles. The van der Waals surface area contributed by atoms with E-state index in [9.17, 15) is 4.79 Å². The number of hydrogen-bond acceptors (Lipinski definition) is 3. The maximum atomic E-state index is 12.0. The third-order valence-corrected chi connectivity index (χ3v) is 4.60. The second-order valence-corrected chi connectivity index (χ2v) is 6.91. The SMILES string of the molecule is CCNC(=NCC(=O)Nc1ccccc1)NCCCN1CCC(C)CC1. The first-order valence-corrected chi connectivity index (χ1v) is 9.76. The van der Waals surface area contributed by atoms with Crippen LogP contribution in [0.4, 0.5) is 5.69 Å². The topological polar surface area (TPSA) is 68.8 Å². The molecule has 2 rings (SSSR count). The Kier molecular flexibility index (Phi) is 8.96. The highest BCUT2D eigenvalue weighted by molar-refractivity contribution is 5.94. The Morgan fingerprint density at radius 3 is 2.62 bits per heavy atom. The molecule has 1 aliphatic rings. The lowest BCUT2D eigenvalue weighted by atomic mass is 9.99. The quantitative estimate of drug-likeness (QED) is 0.378. The molecule has 144 valence electrons. The molecule has 1 saturated heterocycles. The first-order valence-electron chi connectivity index (χ1n) is 9.76. The molecule has 0 radical (unpaired) electrons. The number of guanidine groups is 1. The highest BCUT2D eigenvalue weighted by atomic mass is 16.1. The van der Waals surface area contributed by atoms with E-state index in [1.165, 1.54) is 25.9 Å². The van der Waals surface area contributed by atoms with Gasteiger partial charge in [-0.25, -0.2) is 4.99 Å². The Balaban J connectivity index is 1.67. The van der Waals surface area contributed by atoms with Gasteiger partial charge in [0.2, 0.25) is 5.91 Å². The molecule has 0 atom stereocenters. The van der Waals surface area contributed by atoms with Gasteiger partial charge >= 0.3 is 0 Å². The molecule has 1 aromatic carbocycles. The summed E-state index contributed by atoms with van der Waals surface area (Å²) in [5.74, 6) is 1.46. The fourth-order valence-corrected chi connectivity index (χ4v) is 3.01. The van der Waals surface area contributed by atoms with Gasteiger partial charge in [0.15, 0.2) is 5.96 Å². The third-order valence-electron chi connectivity index (χ3n) is 4.60. The highest BCUT2D eigenvalue weighted by Gasteiger charge is 2.14. The van der Waals surface area contributed by atoms with Crippen LogP contribution in [0.15, 0.2) is 35.3 Å². The lowest BCUT2D eigenvalue weighted by molar-refractivity contribution is -0.114. The van der Waals surface area contributed by atoms with Crippen molar-refractivity contribution in [3.05, 3.63) is 30.3 Å². The Bertz CT molecular complexity index is 553. The van der Waals surface area contributed by atoms with Crippen molar-refractivity contribution in [1.82, 2.24) is 15.5 Å². The maximum Gasteiger partial charge on any atom is 0.246 e. The van der Waals surface area contributed by atoms with Gasteiger partial charge in [0.25, 0.3) is 0 Å². The van der Waals surface area contributed by atoms with Crippen molar-refractivity contribution < 1.29 is 4.79 Å². The van der Waals surface area contributed by atoms with Crippen LogP contribution >= 0.6 is 0 Å². The lowest BCUT2D eigenvalue weighted by Crippen LogP contribution is -2.40. The van der Waals surface area contributed by atoms with Gasteiger partial charge in [0.1, 0.15) is 6.54 Å². The number of nitrogens with zero attached hydrogens (tertiary/aromatic N) is 2. The van der Waals surface area contributed by atoms with Gasteiger partial charge in [0.05, 0.1) is 0 Å². The fourth-order valence-electron chi connectivity index (χ4n) is 3.01. The maximum absolute atomic E-state index is 12.0. The van der Waals surface area contributed by atoms with Crippen LogP contribution in [-0.4, -0.2) is 56.0 Å². The minimum absolute atomic E-state index is 0.105. The van der Waals surface area contributed by atoms with Crippen LogP contribution in [0.25, 0.3) is 0 Å². The second kappa shape index (κ2) is 11.5. The van der Waals surface area contributed by atoms with Crippen molar-refractivity contribution in [2.45, 2.75) is 33.1 Å². The standard InChI is InChI=1S/C20H33N5O/c1-3-21-20(22-12-7-13-25-14-10-17(2)11-15-25)23-16-19(26)24-18-8-5-4-6-9-18/h4-6,8-9,17H,3,7,10-16H2,1-2H3,(H,24,26)(H2,21,22,23). The van der Waals surface area contributed by atoms with Gasteiger partial charge in [-0.05, 0) is 63.9 Å². The number of benzene rings is 1. The average Bonchev–Trinajstić information content (AvgIpc) is 2.65. The number of carbonyl (C=O) groups excluding carboxylic acids is 1. The number of piperidine rings is 1. The number of carbonyl (C=O) groups is 1. The fraction of sp³-hybridized carbons (Fsp3) is 0.600. The van der Waals surface area contributed by atoms with Crippen LogP contribution in [0.3, 0.4) is 0 Å². The number of amides is 1. The van der Waals surface area contributed by atoms with E-state index < -0.39 is 0 Å². The summed E-state index contributed by atoms with van der Waals surface area (Å²) in [7, 11) is 0. The first-order chi connectivity index (χ1) is 12.7. The first kappa shape index (κ1) is 20.2.